The van der Waals surface area contributed by atoms with Crippen molar-refractivity contribution in [2.45, 2.75) is 49.9 Å². The van der Waals surface area contributed by atoms with Gasteiger partial charge in [0, 0.05) is 32.7 Å². The number of thioether (sulfide) groups is 2. The molecule has 206 valence electrons. The molecule has 3 rings (SSSR count). The Kier molecular flexibility index (Phi) is 13.5. The number of hydrogen-bond donors (Lipinski definition) is 0. The van der Waals surface area contributed by atoms with E-state index in [9.17, 15) is 8.42 Å². The third-order valence-electron chi connectivity index (χ3n) is 6.34. The molecule has 0 spiro atoms. The van der Waals surface area contributed by atoms with Crippen molar-refractivity contribution in [3.8, 4) is 5.75 Å². The van der Waals surface area contributed by atoms with Gasteiger partial charge in [0.05, 0.1) is 15.4 Å². The Balaban J connectivity index is 1.45. The molecule has 2 aromatic carbocycles. The van der Waals surface area contributed by atoms with Crippen LogP contribution in [0.4, 0.5) is 0 Å². The molecule has 1 aliphatic rings. The summed E-state index contributed by atoms with van der Waals surface area (Å²) >= 11 is 10.6. The molecule has 1 aliphatic heterocycles. The van der Waals surface area contributed by atoms with Crippen molar-refractivity contribution >= 4 is 45.1 Å². The van der Waals surface area contributed by atoms with Gasteiger partial charge in [0.1, 0.15) is 12.4 Å². The van der Waals surface area contributed by atoms with Gasteiger partial charge in [0.25, 0.3) is 0 Å². The van der Waals surface area contributed by atoms with Crippen LogP contribution < -0.4 is 4.74 Å². The highest BCUT2D eigenvalue weighted by molar-refractivity contribution is 8.16. The van der Waals surface area contributed by atoms with Crippen molar-refractivity contribution in [3.05, 3.63) is 64.7 Å². The number of sulfonamides is 1. The zero-order valence-corrected chi connectivity index (χ0v) is 25.3. The van der Waals surface area contributed by atoms with Gasteiger partial charge in [-0.2, -0.15) is 4.31 Å². The zero-order valence-electron chi connectivity index (χ0n) is 22.1. The normalized spacial score (nSPS) is 15.4. The van der Waals surface area contributed by atoms with Crippen LogP contribution in [0.5, 0.6) is 5.75 Å². The lowest BCUT2D eigenvalue weighted by Crippen LogP contribution is -2.49. The summed E-state index contributed by atoms with van der Waals surface area (Å²) < 4.78 is 33.6. The summed E-state index contributed by atoms with van der Waals surface area (Å²) in [6.07, 6.45) is 4.89. The second-order valence-corrected chi connectivity index (χ2v) is 14.4. The maximum Gasteiger partial charge on any atom is 0.218 e. The van der Waals surface area contributed by atoms with Gasteiger partial charge >= 0.3 is 0 Å². The van der Waals surface area contributed by atoms with Crippen LogP contribution in [0.15, 0.2) is 48.5 Å². The van der Waals surface area contributed by atoms with Gasteiger partial charge in [0.2, 0.25) is 10.0 Å². The Morgan fingerprint density at radius 3 is 2.19 bits per heavy atom. The molecule has 37 heavy (non-hydrogen) atoms. The highest BCUT2D eigenvalue weighted by Gasteiger charge is 2.27. The predicted molar refractivity (Wildman–Crippen MR) is 161 cm³/mol. The van der Waals surface area contributed by atoms with Crippen molar-refractivity contribution < 1.29 is 13.2 Å². The summed E-state index contributed by atoms with van der Waals surface area (Å²) in [5.41, 5.74) is 2.08. The van der Waals surface area contributed by atoms with Gasteiger partial charge in [-0.25, -0.2) is 8.42 Å². The summed E-state index contributed by atoms with van der Waals surface area (Å²) in [5, 5.41) is 0.659. The van der Waals surface area contributed by atoms with Crippen LogP contribution >= 0.6 is 35.1 Å². The van der Waals surface area contributed by atoms with E-state index in [0.717, 1.165) is 23.6 Å². The number of hydrogen-bond acceptors (Lipinski definition) is 6. The first-order valence-corrected chi connectivity index (χ1v) is 17.4. The highest BCUT2D eigenvalue weighted by atomic mass is 35.5. The molecule has 1 heterocycles. The molecule has 5 nitrogen and oxygen atoms in total. The lowest BCUT2D eigenvalue weighted by atomic mass is 10.2. The number of benzene rings is 2. The molecule has 0 saturated carbocycles. The third-order valence-corrected chi connectivity index (χ3v) is 11.5. The van der Waals surface area contributed by atoms with Crippen molar-refractivity contribution in [2.24, 2.45) is 0 Å². The van der Waals surface area contributed by atoms with E-state index in [1.165, 1.54) is 31.2 Å². The van der Waals surface area contributed by atoms with E-state index in [1.807, 2.05) is 59.9 Å². The summed E-state index contributed by atoms with van der Waals surface area (Å²) in [5.74, 6) is 3.10. The van der Waals surface area contributed by atoms with Gasteiger partial charge in [-0.1, -0.05) is 74.7 Å². The highest BCUT2D eigenvalue weighted by Crippen LogP contribution is 2.42. The molecule has 0 unspecified atom stereocenters. The van der Waals surface area contributed by atoms with E-state index in [1.54, 1.807) is 4.31 Å². The van der Waals surface area contributed by atoms with E-state index in [2.05, 4.69) is 30.9 Å². The molecular weight excluding hydrogens is 544 g/mol. The largest absolute Gasteiger partial charge is 0.491 e. The first kappa shape index (κ1) is 30.6. The number of piperazine rings is 1. The van der Waals surface area contributed by atoms with Crippen LogP contribution in [-0.2, 0) is 15.8 Å². The summed E-state index contributed by atoms with van der Waals surface area (Å²) in [4.78, 5) is 2.25. The fourth-order valence-electron chi connectivity index (χ4n) is 4.08. The Bertz CT molecular complexity index is 1020. The van der Waals surface area contributed by atoms with E-state index < -0.39 is 10.0 Å². The van der Waals surface area contributed by atoms with E-state index in [-0.39, 0.29) is 5.75 Å². The Morgan fingerprint density at radius 1 is 0.946 bits per heavy atom. The minimum atomic E-state index is -3.30. The molecule has 0 N–H and O–H groups in total. The summed E-state index contributed by atoms with van der Waals surface area (Å²) in [6.45, 7) is 8.16. The number of halogens is 1. The Morgan fingerprint density at radius 2 is 1.59 bits per heavy atom. The summed E-state index contributed by atoms with van der Waals surface area (Å²) in [6, 6.07) is 15.6. The SMILES string of the molecule is CCCCSC(SCCCC)c1ccc(OCCN2CCN(S(=O)(=O)Cc3ccccc3)CC2)c(Cl)c1. The van der Waals surface area contributed by atoms with Crippen molar-refractivity contribution in [3.63, 3.8) is 0 Å². The Hall–Kier alpha value is -0.900. The zero-order chi connectivity index (χ0) is 26.5. The number of nitrogens with zero attached hydrogens (tertiary/aromatic N) is 2. The van der Waals surface area contributed by atoms with Crippen LogP contribution in [-0.4, -0.2) is 68.5 Å². The molecule has 9 heteroatoms. The quantitative estimate of drug-likeness (QED) is 0.157. The van der Waals surface area contributed by atoms with Crippen molar-refractivity contribution in [2.75, 3.05) is 50.8 Å². The molecule has 1 fully saturated rings. The maximum atomic E-state index is 12.8. The fourth-order valence-corrected chi connectivity index (χ4v) is 8.82. The molecule has 1 saturated heterocycles. The fraction of sp³-hybridized carbons (Fsp3) is 0.571. The molecule has 0 bridgehead atoms. The van der Waals surface area contributed by atoms with Crippen molar-refractivity contribution in [1.82, 2.24) is 9.21 Å². The van der Waals surface area contributed by atoms with Crippen LogP contribution in [0, 0.1) is 0 Å². The molecule has 2 aromatic rings. The van der Waals surface area contributed by atoms with Gasteiger partial charge in [-0.3, -0.25) is 4.90 Å². The van der Waals surface area contributed by atoms with Gasteiger partial charge in [-0.05, 0) is 47.6 Å². The molecule has 0 atom stereocenters. The molecule has 0 radical (unpaired) electrons. The topological polar surface area (TPSA) is 49.9 Å². The van der Waals surface area contributed by atoms with Gasteiger partial charge in [0.15, 0.2) is 0 Å². The van der Waals surface area contributed by atoms with Crippen LogP contribution in [0.3, 0.4) is 0 Å². The lowest BCUT2D eigenvalue weighted by molar-refractivity contribution is 0.159. The maximum absolute atomic E-state index is 12.8. The molecule has 0 aromatic heterocycles. The standard InChI is InChI=1S/C28H41ClN2O3S3/c1-3-5-20-35-28(36-21-6-4-2)25-12-13-27(26(29)22-25)34-19-18-30-14-16-31(17-15-30)37(32,33)23-24-10-8-7-9-11-24/h7-13,22,28H,3-6,14-21,23H2,1-2H3. The summed E-state index contributed by atoms with van der Waals surface area (Å²) in [7, 11) is -3.30. The van der Waals surface area contributed by atoms with E-state index in [4.69, 9.17) is 16.3 Å². The number of ether oxygens (including phenoxy) is 1. The lowest BCUT2D eigenvalue weighted by Gasteiger charge is -2.33. The van der Waals surface area contributed by atoms with E-state index >= 15 is 0 Å². The Labute approximate surface area is 237 Å². The smallest absolute Gasteiger partial charge is 0.218 e. The second kappa shape index (κ2) is 16.3. The van der Waals surface area contributed by atoms with Crippen LogP contribution in [0.1, 0.15) is 55.2 Å². The van der Waals surface area contributed by atoms with Gasteiger partial charge in [-0.15, -0.1) is 23.5 Å². The third kappa shape index (κ3) is 10.3. The molecular formula is C28H41ClN2O3S3. The average Bonchev–Trinajstić information content (AvgIpc) is 2.89. The predicted octanol–water partition coefficient (Wildman–Crippen LogP) is 6.93. The first-order valence-electron chi connectivity index (χ1n) is 13.3. The minimum absolute atomic E-state index is 0.0561. The first-order chi connectivity index (χ1) is 17.9. The number of rotatable bonds is 16. The average molecular weight is 585 g/mol. The van der Waals surface area contributed by atoms with Gasteiger partial charge < -0.3 is 4.74 Å². The number of unbranched alkanes of at least 4 members (excludes halogenated alkanes) is 2. The van der Waals surface area contributed by atoms with Crippen LogP contribution in [0.25, 0.3) is 0 Å². The monoisotopic (exact) mass is 584 g/mol. The minimum Gasteiger partial charge on any atom is -0.491 e. The van der Waals surface area contributed by atoms with Crippen molar-refractivity contribution in [1.29, 1.82) is 0 Å². The van der Waals surface area contributed by atoms with E-state index in [0.29, 0.717) is 48.1 Å². The van der Waals surface area contributed by atoms with Crippen LogP contribution in [0.2, 0.25) is 5.02 Å². The second-order valence-electron chi connectivity index (χ2n) is 9.30. The molecule has 0 aliphatic carbocycles. The molecule has 0 amide bonds.